The second kappa shape index (κ2) is 5.33. The van der Waals surface area contributed by atoms with Crippen LogP contribution in [0, 0.1) is 18.8 Å². The quantitative estimate of drug-likeness (QED) is 0.790. The number of hydrogen-bond acceptors (Lipinski definition) is 2. The number of hydrogen-bond donors (Lipinski definition) is 1. The van der Waals surface area contributed by atoms with Crippen LogP contribution in [-0.2, 0) is 6.54 Å². The normalized spacial score (nSPS) is 9.76. The summed E-state index contributed by atoms with van der Waals surface area (Å²) < 4.78 is 1.82. The molecule has 2 aromatic rings. The molecule has 3 nitrogen and oxygen atoms in total. The molecule has 0 amide bonds. The van der Waals surface area contributed by atoms with E-state index in [0.717, 1.165) is 11.3 Å². The number of aromatic nitrogens is 2. The van der Waals surface area contributed by atoms with Gasteiger partial charge in [-0.1, -0.05) is 23.6 Å². The monoisotopic (exact) mass is 226 g/mol. The molecular formula is C14H14N2O. The van der Waals surface area contributed by atoms with E-state index in [4.69, 9.17) is 5.11 Å². The van der Waals surface area contributed by atoms with Gasteiger partial charge in [-0.25, -0.2) is 4.98 Å². The number of aliphatic hydroxyl groups excluding tert-OH is 1. The van der Waals surface area contributed by atoms with E-state index in [2.05, 4.69) is 16.8 Å². The number of imidazole rings is 1. The molecule has 0 aliphatic carbocycles. The molecule has 0 aliphatic heterocycles. The standard InChI is InChI=1S/C14H14N2O/c1-12-2-4-13(5-3-12)6-7-14-10-16(8-9-17)11-15-14/h2-5,10-11,17H,8-9H2,1H3. The van der Waals surface area contributed by atoms with Crippen molar-refractivity contribution in [1.82, 2.24) is 9.55 Å². The Balaban J connectivity index is 2.12. The van der Waals surface area contributed by atoms with Gasteiger partial charge < -0.3 is 9.67 Å². The Kier molecular flexibility index (Phi) is 3.59. The second-order valence-corrected chi connectivity index (χ2v) is 3.84. The van der Waals surface area contributed by atoms with E-state index in [1.165, 1.54) is 5.56 Å². The maximum absolute atomic E-state index is 8.78. The summed E-state index contributed by atoms with van der Waals surface area (Å²) in [6.07, 6.45) is 3.51. The lowest BCUT2D eigenvalue weighted by atomic mass is 10.1. The molecule has 0 saturated heterocycles. The van der Waals surface area contributed by atoms with Gasteiger partial charge in [-0.3, -0.25) is 0 Å². The van der Waals surface area contributed by atoms with Gasteiger partial charge in [0.05, 0.1) is 12.9 Å². The zero-order valence-corrected chi connectivity index (χ0v) is 9.72. The van der Waals surface area contributed by atoms with E-state index in [-0.39, 0.29) is 6.61 Å². The maximum atomic E-state index is 8.78. The highest BCUT2D eigenvalue weighted by Gasteiger charge is 1.93. The third kappa shape index (κ3) is 3.20. The summed E-state index contributed by atoms with van der Waals surface area (Å²) >= 11 is 0. The molecule has 86 valence electrons. The maximum Gasteiger partial charge on any atom is 0.131 e. The smallest absolute Gasteiger partial charge is 0.131 e. The molecule has 0 radical (unpaired) electrons. The van der Waals surface area contributed by atoms with Crippen LogP contribution in [0.1, 0.15) is 16.8 Å². The summed E-state index contributed by atoms with van der Waals surface area (Å²) in [5.74, 6) is 6.05. The summed E-state index contributed by atoms with van der Waals surface area (Å²) in [7, 11) is 0. The number of benzene rings is 1. The van der Waals surface area contributed by atoms with Crippen LogP contribution < -0.4 is 0 Å². The summed E-state index contributed by atoms with van der Waals surface area (Å²) in [6, 6.07) is 8.06. The van der Waals surface area contributed by atoms with Gasteiger partial charge in [0.1, 0.15) is 5.69 Å². The van der Waals surface area contributed by atoms with Gasteiger partial charge in [0.25, 0.3) is 0 Å². The predicted octanol–water partition coefficient (Wildman–Crippen LogP) is 1.58. The molecule has 0 saturated carbocycles. The minimum Gasteiger partial charge on any atom is -0.395 e. The molecular weight excluding hydrogens is 212 g/mol. The minimum atomic E-state index is 0.112. The Hall–Kier alpha value is -2.05. The number of nitrogens with zero attached hydrogens (tertiary/aromatic N) is 2. The first-order chi connectivity index (χ1) is 8.28. The number of aliphatic hydroxyl groups is 1. The topological polar surface area (TPSA) is 38.0 Å². The minimum absolute atomic E-state index is 0.112. The van der Waals surface area contributed by atoms with Gasteiger partial charge >= 0.3 is 0 Å². The van der Waals surface area contributed by atoms with E-state index >= 15 is 0 Å². The van der Waals surface area contributed by atoms with Crippen molar-refractivity contribution in [1.29, 1.82) is 0 Å². The van der Waals surface area contributed by atoms with Crippen LogP contribution in [0.3, 0.4) is 0 Å². The van der Waals surface area contributed by atoms with Crippen LogP contribution in [-0.4, -0.2) is 21.3 Å². The molecule has 1 heterocycles. The van der Waals surface area contributed by atoms with Gasteiger partial charge in [0, 0.05) is 18.3 Å². The van der Waals surface area contributed by atoms with Crippen molar-refractivity contribution in [3.63, 3.8) is 0 Å². The highest BCUT2D eigenvalue weighted by Crippen LogP contribution is 2.01. The van der Waals surface area contributed by atoms with E-state index in [1.807, 2.05) is 42.0 Å². The van der Waals surface area contributed by atoms with Crippen molar-refractivity contribution in [2.24, 2.45) is 0 Å². The molecule has 0 spiro atoms. The van der Waals surface area contributed by atoms with Crippen molar-refractivity contribution in [3.8, 4) is 11.8 Å². The molecule has 2 rings (SSSR count). The summed E-state index contributed by atoms with van der Waals surface area (Å²) in [5.41, 5.74) is 2.93. The Morgan fingerprint density at radius 1 is 1.24 bits per heavy atom. The highest BCUT2D eigenvalue weighted by molar-refractivity contribution is 5.40. The molecule has 0 atom stereocenters. The van der Waals surface area contributed by atoms with Crippen LogP contribution >= 0.6 is 0 Å². The molecule has 0 unspecified atom stereocenters. The van der Waals surface area contributed by atoms with Crippen LogP contribution in [0.25, 0.3) is 0 Å². The lowest BCUT2D eigenvalue weighted by molar-refractivity contribution is 0.276. The third-order valence-electron chi connectivity index (χ3n) is 2.38. The fraction of sp³-hybridized carbons (Fsp3) is 0.214. The van der Waals surface area contributed by atoms with Gasteiger partial charge in [0.2, 0.25) is 0 Å². The SMILES string of the molecule is Cc1ccc(C#Cc2cn(CCO)cn2)cc1. The summed E-state index contributed by atoms with van der Waals surface area (Å²) in [5, 5.41) is 8.78. The third-order valence-corrected chi connectivity index (χ3v) is 2.38. The average molecular weight is 226 g/mol. The summed E-state index contributed by atoms with van der Waals surface area (Å²) in [6.45, 7) is 2.72. The number of rotatable bonds is 2. The van der Waals surface area contributed by atoms with Crippen LogP contribution in [0.15, 0.2) is 36.8 Å². The molecule has 1 N–H and O–H groups in total. The van der Waals surface area contributed by atoms with E-state index in [9.17, 15) is 0 Å². The van der Waals surface area contributed by atoms with Gasteiger partial charge in [0.15, 0.2) is 0 Å². The lowest BCUT2D eigenvalue weighted by Gasteiger charge is -1.93. The fourth-order valence-corrected chi connectivity index (χ4v) is 1.44. The predicted molar refractivity (Wildman–Crippen MR) is 66.5 cm³/mol. The Morgan fingerprint density at radius 2 is 2.00 bits per heavy atom. The van der Waals surface area contributed by atoms with Crippen molar-refractivity contribution in [2.45, 2.75) is 13.5 Å². The molecule has 0 fully saturated rings. The first-order valence-electron chi connectivity index (χ1n) is 5.49. The molecule has 0 bridgehead atoms. The zero-order chi connectivity index (χ0) is 12.1. The molecule has 0 aliphatic rings. The van der Waals surface area contributed by atoms with E-state index in [0.29, 0.717) is 6.54 Å². The molecule has 3 heteroatoms. The van der Waals surface area contributed by atoms with Crippen molar-refractivity contribution in [2.75, 3.05) is 6.61 Å². The van der Waals surface area contributed by atoms with Crippen LogP contribution in [0.4, 0.5) is 0 Å². The molecule has 1 aromatic carbocycles. The zero-order valence-electron chi connectivity index (χ0n) is 9.72. The van der Waals surface area contributed by atoms with Crippen LogP contribution in [0.2, 0.25) is 0 Å². The van der Waals surface area contributed by atoms with E-state index < -0.39 is 0 Å². The first-order valence-corrected chi connectivity index (χ1v) is 5.49. The lowest BCUT2D eigenvalue weighted by Crippen LogP contribution is -1.97. The fourth-order valence-electron chi connectivity index (χ4n) is 1.44. The van der Waals surface area contributed by atoms with Gasteiger partial charge in [-0.05, 0) is 25.0 Å². The first kappa shape index (κ1) is 11.4. The number of aryl methyl sites for hydroxylation is 1. The Labute approximate surface area is 101 Å². The summed E-state index contributed by atoms with van der Waals surface area (Å²) in [4.78, 5) is 4.15. The van der Waals surface area contributed by atoms with Crippen molar-refractivity contribution in [3.05, 3.63) is 53.6 Å². The molecule has 1 aromatic heterocycles. The average Bonchev–Trinajstić information content (AvgIpc) is 2.77. The van der Waals surface area contributed by atoms with Gasteiger partial charge in [-0.15, -0.1) is 0 Å². The van der Waals surface area contributed by atoms with Crippen molar-refractivity contribution < 1.29 is 5.11 Å². The Morgan fingerprint density at radius 3 is 2.71 bits per heavy atom. The molecule has 17 heavy (non-hydrogen) atoms. The highest BCUT2D eigenvalue weighted by atomic mass is 16.3. The van der Waals surface area contributed by atoms with E-state index in [1.54, 1.807) is 6.33 Å². The van der Waals surface area contributed by atoms with Gasteiger partial charge in [-0.2, -0.15) is 0 Å². The largest absolute Gasteiger partial charge is 0.395 e. The Bertz CT molecular complexity index is 544. The second-order valence-electron chi connectivity index (χ2n) is 3.84. The van der Waals surface area contributed by atoms with Crippen molar-refractivity contribution >= 4 is 0 Å². The van der Waals surface area contributed by atoms with Crippen LogP contribution in [0.5, 0.6) is 0 Å².